The van der Waals surface area contributed by atoms with Crippen LogP contribution < -0.4 is 0 Å². The average Bonchev–Trinajstić information content (AvgIpc) is 2.62. The van der Waals surface area contributed by atoms with Gasteiger partial charge in [-0.2, -0.15) is 0 Å². The van der Waals surface area contributed by atoms with Crippen LogP contribution in [0.15, 0.2) is 0 Å². The molecule has 0 aliphatic carbocycles. The van der Waals surface area contributed by atoms with E-state index in [1.807, 2.05) is 0 Å². The number of nitrogens with zero attached hydrogens (tertiary/aromatic N) is 1. The second kappa shape index (κ2) is 4.64. The molecule has 1 aliphatic heterocycles. The molecule has 1 atom stereocenters. The first-order chi connectivity index (χ1) is 7.20. The normalized spacial score (nSPS) is 22.5. The molecule has 16 heavy (non-hydrogen) atoms. The van der Waals surface area contributed by atoms with Gasteiger partial charge in [0.25, 0.3) is 0 Å². The Balaban J connectivity index is 2.80. The summed E-state index contributed by atoms with van der Waals surface area (Å²) in [6.45, 7) is 4.27. The summed E-state index contributed by atoms with van der Waals surface area (Å²) in [7, 11) is -3.37. The van der Waals surface area contributed by atoms with Crippen LogP contribution in [0.2, 0.25) is 0 Å². The number of likely N-dealkylation sites (tertiary alicyclic amines) is 1. The molecule has 1 saturated heterocycles. The molecule has 0 aromatic carbocycles. The molecule has 0 bridgehead atoms. The van der Waals surface area contributed by atoms with Crippen LogP contribution in [0.4, 0.5) is 0 Å². The van der Waals surface area contributed by atoms with Crippen LogP contribution in [0.5, 0.6) is 0 Å². The molecular formula is C10H18BrNO3S. The third-order valence-corrected chi connectivity index (χ3v) is 6.18. The molecule has 1 unspecified atom stereocenters. The van der Waals surface area contributed by atoms with E-state index in [2.05, 4.69) is 15.9 Å². The summed E-state index contributed by atoms with van der Waals surface area (Å²) in [4.78, 5) is 13.8. The van der Waals surface area contributed by atoms with Gasteiger partial charge in [0.1, 0.15) is 4.75 Å². The van der Waals surface area contributed by atoms with E-state index in [-0.39, 0.29) is 5.91 Å². The Labute approximate surface area is 105 Å². The second-order valence-electron chi connectivity index (χ2n) is 4.84. The molecule has 0 saturated carbocycles. The molecule has 1 aliphatic rings. The van der Waals surface area contributed by atoms with Crippen molar-refractivity contribution in [2.45, 2.75) is 25.0 Å². The third kappa shape index (κ3) is 2.59. The first-order valence-electron chi connectivity index (χ1n) is 5.25. The fourth-order valence-electron chi connectivity index (χ4n) is 1.68. The zero-order valence-corrected chi connectivity index (χ0v) is 12.3. The summed E-state index contributed by atoms with van der Waals surface area (Å²) < 4.78 is 21.8. The number of amides is 1. The number of carbonyl (C=O) groups excluding carboxylic acids is 1. The predicted octanol–water partition coefficient (Wildman–Crippen LogP) is 1.05. The smallest absolute Gasteiger partial charge is 0.243 e. The lowest BCUT2D eigenvalue weighted by Gasteiger charge is -2.27. The highest BCUT2D eigenvalue weighted by atomic mass is 79.9. The highest BCUT2D eigenvalue weighted by Crippen LogP contribution is 2.24. The van der Waals surface area contributed by atoms with Crippen LogP contribution in [-0.4, -0.2) is 48.6 Å². The Morgan fingerprint density at radius 3 is 2.44 bits per heavy atom. The molecule has 4 nitrogen and oxygen atoms in total. The van der Waals surface area contributed by atoms with Crippen molar-refractivity contribution in [3.8, 4) is 0 Å². The Hall–Kier alpha value is -0.100. The molecule has 0 radical (unpaired) electrons. The summed E-state index contributed by atoms with van der Waals surface area (Å²) in [6, 6.07) is 0. The van der Waals surface area contributed by atoms with Gasteiger partial charge >= 0.3 is 0 Å². The lowest BCUT2D eigenvalue weighted by Crippen LogP contribution is -2.48. The molecule has 1 heterocycles. The first-order valence-corrected chi connectivity index (χ1v) is 8.26. The van der Waals surface area contributed by atoms with E-state index in [0.29, 0.717) is 19.0 Å². The number of hydrogen-bond donors (Lipinski definition) is 0. The molecular weight excluding hydrogens is 294 g/mol. The van der Waals surface area contributed by atoms with E-state index < -0.39 is 14.6 Å². The van der Waals surface area contributed by atoms with Gasteiger partial charge in [-0.15, -0.1) is 0 Å². The molecule has 94 valence electrons. The van der Waals surface area contributed by atoms with Crippen molar-refractivity contribution in [3.05, 3.63) is 0 Å². The van der Waals surface area contributed by atoms with Gasteiger partial charge in [0.05, 0.1) is 0 Å². The zero-order valence-electron chi connectivity index (χ0n) is 9.86. The van der Waals surface area contributed by atoms with Gasteiger partial charge in [0, 0.05) is 24.7 Å². The van der Waals surface area contributed by atoms with Crippen molar-refractivity contribution in [1.82, 2.24) is 4.90 Å². The lowest BCUT2D eigenvalue weighted by atomic mass is 10.1. The second-order valence-corrected chi connectivity index (χ2v) is 8.06. The maximum Gasteiger partial charge on any atom is 0.243 e. The van der Waals surface area contributed by atoms with E-state index in [1.54, 1.807) is 4.90 Å². The topological polar surface area (TPSA) is 54.5 Å². The summed E-state index contributed by atoms with van der Waals surface area (Å²) in [6.07, 6.45) is 2.06. The number of rotatable bonds is 3. The minimum atomic E-state index is -3.37. The van der Waals surface area contributed by atoms with E-state index in [0.717, 1.165) is 18.0 Å². The minimum Gasteiger partial charge on any atom is -0.341 e. The maximum absolute atomic E-state index is 12.1. The highest BCUT2D eigenvalue weighted by Gasteiger charge is 2.42. The summed E-state index contributed by atoms with van der Waals surface area (Å²) in [5.41, 5.74) is 0. The Morgan fingerprint density at radius 2 is 2.06 bits per heavy atom. The molecule has 1 amide bonds. The van der Waals surface area contributed by atoms with Gasteiger partial charge in [-0.3, -0.25) is 4.79 Å². The SMILES string of the molecule is CC(C)(C(=O)N1CCC(CBr)C1)S(C)(=O)=O. The zero-order chi connectivity index (χ0) is 12.6. The minimum absolute atomic E-state index is 0.279. The fraction of sp³-hybridized carbons (Fsp3) is 0.900. The van der Waals surface area contributed by atoms with Gasteiger partial charge in [0.15, 0.2) is 9.84 Å². The predicted molar refractivity (Wildman–Crippen MR) is 67.4 cm³/mol. The van der Waals surface area contributed by atoms with Crippen molar-refractivity contribution >= 4 is 31.7 Å². The Kier molecular flexibility index (Phi) is 4.05. The molecule has 1 fully saturated rings. The van der Waals surface area contributed by atoms with Crippen LogP contribution in [0, 0.1) is 5.92 Å². The summed E-state index contributed by atoms with van der Waals surface area (Å²) in [5.74, 6) is 0.165. The molecule has 0 spiro atoms. The van der Waals surface area contributed by atoms with E-state index in [9.17, 15) is 13.2 Å². The van der Waals surface area contributed by atoms with Crippen LogP contribution >= 0.6 is 15.9 Å². The van der Waals surface area contributed by atoms with Crippen LogP contribution in [0.25, 0.3) is 0 Å². The van der Waals surface area contributed by atoms with Crippen LogP contribution in [0.3, 0.4) is 0 Å². The summed E-state index contributed by atoms with van der Waals surface area (Å²) >= 11 is 3.39. The molecule has 1 rings (SSSR count). The largest absolute Gasteiger partial charge is 0.341 e. The van der Waals surface area contributed by atoms with Crippen LogP contribution in [-0.2, 0) is 14.6 Å². The van der Waals surface area contributed by atoms with E-state index in [4.69, 9.17) is 0 Å². The fourth-order valence-corrected chi connectivity index (χ4v) is 2.66. The first kappa shape index (κ1) is 14.0. The van der Waals surface area contributed by atoms with Crippen molar-refractivity contribution in [1.29, 1.82) is 0 Å². The van der Waals surface area contributed by atoms with Crippen LogP contribution in [0.1, 0.15) is 20.3 Å². The van der Waals surface area contributed by atoms with Crippen molar-refractivity contribution in [2.24, 2.45) is 5.92 Å². The highest BCUT2D eigenvalue weighted by molar-refractivity contribution is 9.09. The van der Waals surface area contributed by atoms with E-state index >= 15 is 0 Å². The number of hydrogen-bond acceptors (Lipinski definition) is 3. The summed E-state index contributed by atoms with van der Waals surface area (Å²) in [5, 5.41) is 0.857. The van der Waals surface area contributed by atoms with Gasteiger partial charge in [-0.25, -0.2) is 8.42 Å². The van der Waals surface area contributed by atoms with E-state index in [1.165, 1.54) is 13.8 Å². The number of carbonyl (C=O) groups is 1. The molecule has 6 heteroatoms. The standard InChI is InChI=1S/C10H18BrNO3S/c1-10(2,16(3,14)15)9(13)12-5-4-8(6-11)7-12/h8H,4-7H2,1-3H3. The van der Waals surface area contributed by atoms with Gasteiger partial charge in [-0.05, 0) is 26.2 Å². The average molecular weight is 312 g/mol. The molecule has 0 N–H and O–H groups in total. The van der Waals surface area contributed by atoms with Gasteiger partial charge in [0.2, 0.25) is 5.91 Å². The number of alkyl halides is 1. The van der Waals surface area contributed by atoms with Crippen molar-refractivity contribution in [2.75, 3.05) is 24.7 Å². The number of sulfone groups is 1. The lowest BCUT2D eigenvalue weighted by molar-refractivity contribution is -0.132. The van der Waals surface area contributed by atoms with Gasteiger partial charge < -0.3 is 4.90 Å². The maximum atomic E-state index is 12.1. The molecule has 0 aromatic rings. The Morgan fingerprint density at radius 1 is 1.50 bits per heavy atom. The van der Waals surface area contributed by atoms with Crippen molar-refractivity contribution < 1.29 is 13.2 Å². The quantitative estimate of drug-likeness (QED) is 0.732. The van der Waals surface area contributed by atoms with Gasteiger partial charge in [-0.1, -0.05) is 15.9 Å². The number of halogens is 1. The monoisotopic (exact) mass is 311 g/mol. The Bertz CT molecular complexity index is 378. The third-order valence-electron chi connectivity index (χ3n) is 3.23. The van der Waals surface area contributed by atoms with Crippen molar-refractivity contribution in [3.63, 3.8) is 0 Å². The molecule has 0 aromatic heterocycles.